The van der Waals surface area contributed by atoms with Gasteiger partial charge in [-0.2, -0.15) is 4.68 Å². The average Bonchev–Trinajstić information content (AvgIpc) is 3.53. The van der Waals surface area contributed by atoms with Gasteiger partial charge in [0.15, 0.2) is 0 Å². The summed E-state index contributed by atoms with van der Waals surface area (Å²) in [4.78, 5) is 31.5. The summed E-state index contributed by atoms with van der Waals surface area (Å²) in [7, 11) is 0. The van der Waals surface area contributed by atoms with Gasteiger partial charge in [0.2, 0.25) is 12.3 Å². The lowest BCUT2D eigenvalue weighted by Crippen LogP contribution is -2.29. The van der Waals surface area contributed by atoms with E-state index in [9.17, 15) is 9.59 Å². The lowest BCUT2D eigenvalue weighted by atomic mass is 10.1. The van der Waals surface area contributed by atoms with E-state index in [0.717, 1.165) is 33.8 Å². The van der Waals surface area contributed by atoms with Gasteiger partial charge < -0.3 is 21.4 Å². The van der Waals surface area contributed by atoms with E-state index in [1.807, 2.05) is 44.2 Å². The summed E-state index contributed by atoms with van der Waals surface area (Å²) in [6.07, 6.45) is 5.85. The van der Waals surface area contributed by atoms with Crippen LogP contribution in [0.2, 0.25) is 0 Å². The Kier molecular flexibility index (Phi) is 7.61. The zero-order valence-corrected chi connectivity index (χ0v) is 20.0. The molecule has 4 rings (SSSR count). The first-order valence-corrected chi connectivity index (χ1v) is 11.4. The number of rotatable bonds is 10. The fraction of sp³-hybridized carbons (Fsp3) is 0.200. The first-order valence-electron chi connectivity index (χ1n) is 11.4. The minimum Gasteiger partial charge on any atom is -0.344 e. The maximum absolute atomic E-state index is 12.9. The van der Waals surface area contributed by atoms with Crippen LogP contribution in [0.25, 0.3) is 23.0 Å². The Balaban J connectivity index is 1.52. The molecule has 5 N–H and O–H groups in total. The summed E-state index contributed by atoms with van der Waals surface area (Å²) < 4.78 is 1.54. The van der Waals surface area contributed by atoms with Crippen LogP contribution in [0, 0.1) is 13.8 Å². The quantitative estimate of drug-likeness (QED) is 0.198. The van der Waals surface area contributed by atoms with Crippen molar-refractivity contribution < 1.29 is 9.59 Å². The maximum atomic E-state index is 12.9. The van der Waals surface area contributed by atoms with Gasteiger partial charge in [-0.25, -0.2) is 4.98 Å². The number of carbonyl (C=O) groups excluding carboxylic acids is 2. The van der Waals surface area contributed by atoms with Crippen molar-refractivity contribution in [1.82, 2.24) is 35.5 Å². The Bertz CT molecular complexity index is 1360. The van der Waals surface area contributed by atoms with Crippen molar-refractivity contribution in [2.24, 2.45) is 5.73 Å². The Morgan fingerprint density at radius 1 is 1.19 bits per heavy atom. The zero-order chi connectivity index (χ0) is 25.5. The number of hydrogen-bond donors (Lipinski definition) is 4. The molecule has 0 bridgehead atoms. The van der Waals surface area contributed by atoms with Gasteiger partial charge in [0.05, 0.1) is 17.4 Å². The second-order valence-corrected chi connectivity index (χ2v) is 8.22. The third kappa shape index (κ3) is 5.70. The van der Waals surface area contributed by atoms with Crippen LogP contribution in [-0.4, -0.2) is 49.0 Å². The number of imidazole rings is 1. The predicted octanol–water partition coefficient (Wildman–Crippen LogP) is 2.46. The molecule has 11 heteroatoms. The van der Waals surface area contributed by atoms with Crippen molar-refractivity contribution in [1.29, 1.82) is 0 Å². The van der Waals surface area contributed by atoms with E-state index in [4.69, 9.17) is 10.7 Å². The molecule has 11 nitrogen and oxygen atoms in total. The Morgan fingerprint density at radius 3 is 2.69 bits per heavy atom. The number of H-pyrrole nitrogens is 1. The van der Waals surface area contributed by atoms with E-state index in [-0.39, 0.29) is 5.91 Å². The van der Waals surface area contributed by atoms with Crippen LogP contribution in [0.15, 0.2) is 54.9 Å². The SMILES string of the molecule is Cc1ccc(-n2cnnn2)c(/C=C/C(=O)N[C@@H](CCN)c2nc(-c3ccc(NC=O)cc3)c(C)[nH]2)c1. The highest BCUT2D eigenvalue weighted by Gasteiger charge is 2.19. The molecule has 0 saturated heterocycles. The van der Waals surface area contributed by atoms with Crippen molar-refractivity contribution in [3.05, 3.63) is 77.5 Å². The van der Waals surface area contributed by atoms with Gasteiger partial charge in [-0.15, -0.1) is 5.10 Å². The van der Waals surface area contributed by atoms with E-state index in [1.165, 1.54) is 12.4 Å². The highest BCUT2D eigenvalue weighted by atomic mass is 16.1. The molecule has 0 aliphatic carbocycles. The number of tetrazole rings is 1. The second kappa shape index (κ2) is 11.2. The van der Waals surface area contributed by atoms with Crippen LogP contribution in [0.3, 0.4) is 0 Å². The van der Waals surface area contributed by atoms with Crippen LogP contribution >= 0.6 is 0 Å². The van der Waals surface area contributed by atoms with Crippen molar-refractivity contribution in [3.8, 4) is 16.9 Å². The summed E-state index contributed by atoms with van der Waals surface area (Å²) in [6.45, 7) is 4.27. The molecule has 0 fully saturated rings. The third-order valence-electron chi connectivity index (χ3n) is 5.58. The molecule has 0 aliphatic rings. The Labute approximate surface area is 207 Å². The largest absolute Gasteiger partial charge is 0.344 e. The molecule has 0 radical (unpaired) electrons. The third-order valence-corrected chi connectivity index (χ3v) is 5.58. The molecule has 2 amide bonds. The smallest absolute Gasteiger partial charge is 0.244 e. The van der Waals surface area contributed by atoms with Gasteiger partial charge in [0, 0.05) is 28.6 Å². The molecule has 2 aromatic carbocycles. The van der Waals surface area contributed by atoms with Crippen molar-refractivity contribution in [3.63, 3.8) is 0 Å². The lowest BCUT2D eigenvalue weighted by molar-refractivity contribution is -0.117. The van der Waals surface area contributed by atoms with Gasteiger partial charge in [0.1, 0.15) is 12.2 Å². The molecule has 2 heterocycles. The summed E-state index contributed by atoms with van der Waals surface area (Å²) >= 11 is 0. The van der Waals surface area contributed by atoms with Gasteiger partial charge >= 0.3 is 0 Å². The molecule has 2 aromatic heterocycles. The normalized spacial score (nSPS) is 12.0. The molecular formula is C25H27N9O2. The molecule has 1 atom stereocenters. The average molecular weight is 486 g/mol. The van der Waals surface area contributed by atoms with Crippen molar-refractivity contribution in [2.45, 2.75) is 26.3 Å². The summed E-state index contributed by atoms with van der Waals surface area (Å²) in [5.74, 6) is 0.340. The van der Waals surface area contributed by atoms with Gasteiger partial charge in [-0.05, 0) is 67.6 Å². The van der Waals surface area contributed by atoms with Crippen LogP contribution in [0.4, 0.5) is 5.69 Å². The molecule has 4 aromatic rings. The number of hydrogen-bond acceptors (Lipinski definition) is 7. The van der Waals surface area contributed by atoms with E-state index >= 15 is 0 Å². The van der Waals surface area contributed by atoms with Gasteiger partial charge in [-0.1, -0.05) is 23.8 Å². The number of aryl methyl sites for hydroxylation is 2. The van der Waals surface area contributed by atoms with E-state index in [2.05, 4.69) is 31.1 Å². The van der Waals surface area contributed by atoms with Gasteiger partial charge in [0.25, 0.3) is 0 Å². The predicted molar refractivity (Wildman–Crippen MR) is 136 cm³/mol. The van der Waals surface area contributed by atoms with Crippen molar-refractivity contribution in [2.75, 3.05) is 11.9 Å². The number of anilines is 1. The summed E-state index contributed by atoms with van der Waals surface area (Å²) in [5, 5.41) is 16.9. The Hall–Kier alpha value is -4.64. The second-order valence-electron chi connectivity index (χ2n) is 8.22. The highest BCUT2D eigenvalue weighted by molar-refractivity contribution is 5.92. The first-order chi connectivity index (χ1) is 17.5. The lowest BCUT2D eigenvalue weighted by Gasteiger charge is -2.14. The minimum atomic E-state index is -0.396. The molecule has 36 heavy (non-hydrogen) atoms. The fourth-order valence-electron chi connectivity index (χ4n) is 3.84. The molecular weight excluding hydrogens is 458 g/mol. The van der Waals surface area contributed by atoms with Crippen molar-refractivity contribution >= 4 is 24.1 Å². The van der Waals surface area contributed by atoms with Gasteiger partial charge in [-0.3, -0.25) is 9.59 Å². The highest BCUT2D eigenvalue weighted by Crippen LogP contribution is 2.26. The number of nitrogens with two attached hydrogens (primary N) is 1. The van der Waals surface area contributed by atoms with E-state index in [1.54, 1.807) is 22.9 Å². The summed E-state index contributed by atoms with van der Waals surface area (Å²) in [5.41, 5.74) is 11.6. The van der Waals surface area contributed by atoms with E-state index in [0.29, 0.717) is 30.9 Å². The fourth-order valence-corrected chi connectivity index (χ4v) is 3.84. The topological polar surface area (TPSA) is 156 Å². The summed E-state index contributed by atoms with van der Waals surface area (Å²) in [6, 6.07) is 12.8. The number of amides is 2. The van der Waals surface area contributed by atoms with Crippen LogP contribution in [0.1, 0.15) is 35.1 Å². The number of benzene rings is 2. The standard InChI is InChI=1S/C25H27N9O2/c1-16-3-9-22(34-14-28-32-33-34)19(13-16)6-10-23(36)30-21(11-12-26)25-29-17(2)24(31-25)18-4-7-20(8-5-18)27-15-35/h3-10,13-15,21H,11-12,26H2,1-2H3,(H,27,35)(H,29,31)(H,30,36)/b10-6+/t21-/m0/s1. The van der Waals surface area contributed by atoms with Crippen LogP contribution in [-0.2, 0) is 9.59 Å². The molecule has 184 valence electrons. The Morgan fingerprint density at radius 2 is 2.00 bits per heavy atom. The first kappa shape index (κ1) is 24.5. The zero-order valence-electron chi connectivity index (χ0n) is 20.0. The molecule has 0 unspecified atom stereocenters. The number of aromatic nitrogens is 6. The van der Waals surface area contributed by atoms with E-state index < -0.39 is 6.04 Å². The molecule has 0 saturated carbocycles. The maximum Gasteiger partial charge on any atom is 0.244 e. The molecule has 0 aliphatic heterocycles. The number of nitrogens with one attached hydrogen (secondary N) is 3. The minimum absolute atomic E-state index is 0.280. The number of nitrogens with zero attached hydrogens (tertiary/aromatic N) is 5. The van der Waals surface area contributed by atoms with Crippen LogP contribution < -0.4 is 16.4 Å². The molecule has 0 spiro atoms. The van der Waals surface area contributed by atoms with Crippen LogP contribution in [0.5, 0.6) is 0 Å². The monoisotopic (exact) mass is 485 g/mol. The number of carbonyl (C=O) groups is 2. The number of aromatic amines is 1.